The molecule has 2 N–H and O–H groups in total. The highest BCUT2D eigenvalue weighted by molar-refractivity contribution is 7.99. The van der Waals surface area contributed by atoms with Gasteiger partial charge in [0.2, 0.25) is 5.91 Å². The van der Waals surface area contributed by atoms with Crippen molar-refractivity contribution in [2.45, 2.75) is 63.9 Å². The maximum absolute atomic E-state index is 12.2. The zero-order chi connectivity index (χ0) is 14.4. The number of hydrogen-bond donors (Lipinski definition) is 2. The van der Waals surface area contributed by atoms with Crippen LogP contribution in [-0.4, -0.2) is 34.7 Å². The van der Waals surface area contributed by atoms with Crippen molar-refractivity contribution in [2.24, 2.45) is 11.8 Å². The summed E-state index contributed by atoms with van der Waals surface area (Å²) in [7, 11) is 0. The molecule has 1 atom stereocenters. The van der Waals surface area contributed by atoms with Gasteiger partial charge in [-0.3, -0.25) is 4.79 Å². The lowest BCUT2D eigenvalue weighted by Gasteiger charge is -2.32. The summed E-state index contributed by atoms with van der Waals surface area (Å²) in [6.07, 6.45) is 9.22. The number of rotatable bonds is 5. The molecule has 1 saturated heterocycles. The Labute approximate surface area is 127 Å². The predicted octanol–water partition coefficient (Wildman–Crippen LogP) is 2.97. The average molecular weight is 299 g/mol. The number of carbonyl (C=O) groups excluding carboxylic acids is 1. The molecule has 0 bridgehead atoms. The van der Waals surface area contributed by atoms with Crippen molar-refractivity contribution in [1.29, 1.82) is 0 Å². The van der Waals surface area contributed by atoms with Gasteiger partial charge in [-0.1, -0.05) is 39.0 Å². The highest BCUT2D eigenvalue weighted by Crippen LogP contribution is 2.29. The zero-order valence-electron chi connectivity index (χ0n) is 12.7. The topological polar surface area (TPSA) is 49.3 Å². The molecular formula is C16H29NO2S. The normalized spacial score (nSPS) is 25.1. The molecule has 2 aliphatic rings. The SMILES string of the molecule is CC(CC1CCCCC1)C(=O)NCC1(O)CCSCC1. The first kappa shape index (κ1) is 16.2. The number of amides is 1. The fourth-order valence-electron chi connectivity index (χ4n) is 3.38. The molecule has 116 valence electrons. The highest BCUT2D eigenvalue weighted by atomic mass is 32.2. The van der Waals surface area contributed by atoms with Crippen molar-refractivity contribution in [2.75, 3.05) is 18.1 Å². The average Bonchev–Trinajstić information content (AvgIpc) is 2.46. The smallest absolute Gasteiger partial charge is 0.222 e. The summed E-state index contributed by atoms with van der Waals surface area (Å²) in [5.74, 6) is 2.95. The number of carbonyl (C=O) groups is 1. The molecule has 1 heterocycles. The van der Waals surface area contributed by atoms with Crippen LogP contribution in [0.15, 0.2) is 0 Å². The largest absolute Gasteiger partial charge is 0.388 e. The Morgan fingerprint density at radius 2 is 1.95 bits per heavy atom. The summed E-state index contributed by atoms with van der Waals surface area (Å²) < 4.78 is 0. The van der Waals surface area contributed by atoms with Gasteiger partial charge in [-0.15, -0.1) is 0 Å². The molecule has 1 saturated carbocycles. The van der Waals surface area contributed by atoms with E-state index in [0.717, 1.165) is 36.7 Å². The Balaban J connectivity index is 1.70. The minimum atomic E-state index is -0.661. The second-order valence-electron chi connectivity index (χ2n) is 6.70. The van der Waals surface area contributed by atoms with Gasteiger partial charge in [0.25, 0.3) is 0 Å². The number of thioether (sulfide) groups is 1. The second kappa shape index (κ2) is 7.69. The summed E-state index contributed by atoms with van der Waals surface area (Å²) in [6, 6.07) is 0. The first-order chi connectivity index (χ1) is 9.59. The van der Waals surface area contributed by atoms with Gasteiger partial charge >= 0.3 is 0 Å². The number of nitrogens with one attached hydrogen (secondary N) is 1. The molecule has 1 unspecified atom stereocenters. The number of hydrogen-bond acceptors (Lipinski definition) is 3. The third kappa shape index (κ3) is 4.96. The van der Waals surface area contributed by atoms with Gasteiger partial charge in [-0.2, -0.15) is 11.8 Å². The van der Waals surface area contributed by atoms with Crippen molar-refractivity contribution >= 4 is 17.7 Å². The molecule has 2 rings (SSSR count). The quantitative estimate of drug-likeness (QED) is 0.820. The fourth-order valence-corrected chi connectivity index (χ4v) is 4.64. The van der Waals surface area contributed by atoms with Crippen molar-refractivity contribution in [3.8, 4) is 0 Å². The Bertz CT molecular complexity index is 310. The summed E-state index contributed by atoms with van der Waals surface area (Å²) in [5, 5.41) is 13.4. The van der Waals surface area contributed by atoms with Crippen molar-refractivity contribution in [1.82, 2.24) is 5.32 Å². The summed E-state index contributed by atoms with van der Waals surface area (Å²) >= 11 is 1.89. The molecule has 0 aromatic heterocycles. The van der Waals surface area contributed by atoms with Crippen LogP contribution < -0.4 is 5.32 Å². The van der Waals surface area contributed by atoms with Crippen molar-refractivity contribution in [3.05, 3.63) is 0 Å². The van der Waals surface area contributed by atoms with Crippen LogP contribution in [0.4, 0.5) is 0 Å². The lowest BCUT2D eigenvalue weighted by Crippen LogP contribution is -2.46. The Kier molecular flexibility index (Phi) is 6.21. The summed E-state index contributed by atoms with van der Waals surface area (Å²) in [6.45, 7) is 2.46. The van der Waals surface area contributed by atoms with E-state index in [1.807, 2.05) is 18.7 Å². The van der Waals surface area contributed by atoms with Crippen LogP contribution in [0.2, 0.25) is 0 Å². The van der Waals surface area contributed by atoms with E-state index in [0.29, 0.717) is 6.54 Å². The summed E-state index contributed by atoms with van der Waals surface area (Å²) in [5.41, 5.74) is -0.661. The first-order valence-corrected chi connectivity index (χ1v) is 9.32. The van der Waals surface area contributed by atoms with E-state index in [1.54, 1.807) is 0 Å². The first-order valence-electron chi connectivity index (χ1n) is 8.17. The van der Waals surface area contributed by atoms with E-state index in [9.17, 15) is 9.90 Å². The van der Waals surface area contributed by atoms with E-state index >= 15 is 0 Å². The van der Waals surface area contributed by atoms with Gasteiger partial charge in [-0.05, 0) is 36.7 Å². The van der Waals surface area contributed by atoms with Gasteiger partial charge in [0.15, 0.2) is 0 Å². The minimum absolute atomic E-state index is 0.0830. The highest BCUT2D eigenvalue weighted by Gasteiger charge is 2.30. The lowest BCUT2D eigenvalue weighted by molar-refractivity contribution is -0.126. The van der Waals surface area contributed by atoms with Crippen LogP contribution in [0, 0.1) is 11.8 Å². The molecule has 1 amide bonds. The van der Waals surface area contributed by atoms with E-state index in [-0.39, 0.29) is 11.8 Å². The molecule has 3 nitrogen and oxygen atoms in total. The second-order valence-corrected chi connectivity index (χ2v) is 7.92. The van der Waals surface area contributed by atoms with Crippen molar-refractivity contribution in [3.63, 3.8) is 0 Å². The summed E-state index contributed by atoms with van der Waals surface area (Å²) in [4.78, 5) is 12.2. The van der Waals surface area contributed by atoms with Crippen LogP contribution in [0.25, 0.3) is 0 Å². The monoisotopic (exact) mass is 299 g/mol. The lowest BCUT2D eigenvalue weighted by atomic mass is 9.83. The molecule has 0 aromatic rings. The van der Waals surface area contributed by atoms with Crippen LogP contribution in [0.5, 0.6) is 0 Å². The van der Waals surface area contributed by atoms with Gasteiger partial charge in [0.1, 0.15) is 0 Å². The molecule has 1 aliphatic heterocycles. The predicted molar refractivity (Wildman–Crippen MR) is 84.9 cm³/mol. The molecule has 20 heavy (non-hydrogen) atoms. The van der Waals surface area contributed by atoms with Crippen LogP contribution in [0.3, 0.4) is 0 Å². The van der Waals surface area contributed by atoms with E-state index in [1.165, 1.54) is 32.1 Å². The standard InChI is InChI=1S/C16H29NO2S/c1-13(11-14-5-3-2-4-6-14)15(18)17-12-16(19)7-9-20-10-8-16/h13-14,19H,2-12H2,1H3,(H,17,18). The van der Waals surface area contributed by atoms with E-state index in [2.05, 4.69) is 5.32 Å². The van der Waals surface area contributed by atoms with Gasteiger partial charge in [-0.25, -0.2) is 0 Å². The molecule has 2 fully saturated rings. The zero-order valence-corrected chi connectivity index (χ0v) is 13.5. The molecule has 0 radical (unpaired) electrons. The van der Waals surface area contributed by atoms with Crippen LogP contribution >= 0.6 is 11.8 Å². The Hall–Kier alpha value is -0.220. The fraction of sp³-hybridized carbons (Fsp3) is 0.938. The third-order valence-electron chi connectivity index (χ3n) is 4.87. The minimum Gasteiger partial charge on any atom is -0.388 e. The Morgan fingerprint density at radius 1 is 1.30 bits per heavy atom. The van der Waals surface area contributed by atoms with Gasteiger partial charge in [0.05, 0.1) is 5.60 Å². The molecule has 1 aliphatic carbocycles. The van der Waals surface area contributed by atoms with Gasteiger partial charge in [0, 0.05) is 12.5 Å². The van der Waals surface area contributed by atoms with Crippen molar-refractivity contribution < 1.29 is 9.90 Å². The molecule has 0 spiro atoms. The van der Waals surface area contributed by atoms with Gasteiger partial charge < -0.3 is 10.4 Å². The van der Waals surface area contributed by atoms with Crippen LogP contribution in [0.1, 0.15) is 58.3 Å². The maximum Gasteiger partial charge on any atom is 0.222 e. The third-order valence-corrected chi connectivity index (χ3v) is 5.86. The number of aliphatic hydroxyl groups is 1. The van der Waals surface area contributed by atoms with E-state index < -0.39 is 5.60 Å². The molecule has 0 aromatic carbocycles. The molecular weight excluding hydrogens is 270 g/mol. The maximum atomic E-state index is 12.2. The van der Waals surface area contributed by atoms with E-state index in [4.69, 9.17) is 0 Å². The van der Waals surface area contributed by atoms with Crippen LogP contribution in [-0.2, 0) is 4.79 Å². The Morgan fingerprint density at radius 3 is 2.60 bits per heavy atom. The molecule has 4 heteroatoms.